The van der Waals surface area contributed by atoms with E-state index < -0.39 is 0 Å². The number of amides is 1. The Morgan fingerprint density at radius 2 is 1.58 bits per heavy atom. The molecule has 4 aromatic rings. The molecule has 0 aliphatic carbocycles. The van der Waals surface area contributed by atoms with Crippen LogP contribution in [0.1, 0.15) is 30.0 Å². The van der Waals surface area contributed by atoms with Gasteiger partial charge in [0.05, 0.1) is 0 Å². The summed E-state index contributed by atoms with van der Waals surface area (Å²) in [4.78, 5) is 15.3. The van der Waals surface area contributed by atoms with Crippen molar-refractivity contribution >= 4 is 28.3 Å². The van der Waals surface area contributed by atoms with Gasteiger partial charge in [0.1, 0.15) is 17.9 Å². The second-order valence-electron chi connectivity index (χ2n) is 7.18. The molecule has 0 atom stereocenters. The van der Waals surface area contributed by atoms with E-state index in [9.17, 15) is 4.79 Å². The van der Waals surface area contributed by atoms with Crippen LogP contribution in [0.25, 0.3) is 11.0 Å². The largest absolute Gasteiger partial charge is 0.489 e. The third-order valence-electron chi connectivity index (χ3n) is 5.28. The standard InChI is InChI=1S/C26H26N2O3/c1-3-28(4-2)20-16-14-19(15-17-20)27-26(29)25-23(18-30-21-10-6-5-7-11-21)22-12-8-9-13-24(22)31-25/h5-17H,3-4,18H2,1-2H3,(H,27,29). The summed E-state index contributed by atoms with van der Waals surface area (Å²) in [6.07, 6.45) is 0. The molecule has 1 N–H and O–H groups in total. The van der Waals surface area contributed by atoms with Gasteiger partial charge in [0, 0.05) is 35.4 Å². The number of nitrogens with one attached hydrogen (secondary N) is 1. The number of para-hydroxylation sites is 2. The van der Waals surface area contributed by atoms with Gasteiger partial charge in [-0.25, -0.2) is 0 Å². The molecule has 0 spiro atoms. The molecule has 1 amide bonds. The maximum Gasteiger partial charge on any atom is 0.291 e. The smallest absolute Gasteiger partial charge is 0.291 e. The van der Waals surface area contributed by atoms with Gasteiger partial charge in [-0.2, -0.15) is 0 Å². The number of fused-ring (bicyclic) bond motifs is 1. The van der Waals surface area contributed by atoms with Gasteiger partial charge in [0.25, 0.3) is 5.91 Å². The average molecular weight is 415 g/mol. The number of furan rings is 1. The Hall–Kier alpha value is -3.73. The molecule has 5 heteroatoms. The Labute approximate surface area is 182 Å². The first-order valence-electron chi connectivity index (χ1n) is 10.5. The molecule has 3 aromatic carbocycles. The zero-order valence-electron chi connectivity index (χ0n) is 17.8. The van der Waals surface area contributed by atoms with E-state index in [0.29, 0.717) is 5.58 Å². The van der Waals surface area contributed by atoms with Crippen LogP contribution in [0.5, 0.6) is 5.75 Å². The SMILES string of the molecule is CCN(CC)c1ccc(NC(=O)c2oc3ccccc3c2COc2ccccc2)cc1. The summed E-state index contributed by atoms with van der Waals surface area (Å²) in [6, 6.07) is 25.0. The van der Waals surface area contributed by atoms with E-state index in [1.54, 1.807) is 0 Å². The van der Waals surface area contributed by atoms with Crippen molar-refractivity contribution < 1.29 is 13.9 Å². The van der Waals surface area contributed by atoms with Crippen LogP contribution in [0, 0.1) is 0 Å². The number of carbonyl (C=O) groups is 1. The number of carbonyl (C=O) groups excluding carboxylic acids is 1. The van der Waals surface area contributed by atoms with Crippen LogP contribution < -0.4 is 15.0 Å². The lowest BCUT2D eigenvalue weighted by Crippen LogP contribution is -2.21. The summed E-state index contributed by atoms with van der Waals surface area (Å²) < 4.78 is 11.8. The normalized spacial score (nSPS) is 10.8. The van der Waals surface area contributed by atoms with Gasteiger partial charge in [-0.1, -0.05) is 36.4 Å². The van der Waals surface area contributed by atoms with Crippen molar-refractivity contribution in [3.8, 4) is 5.75 Å². The van der Waals surface area contributed by atoms with E-state index in [-0.39, 0.29) is 18.3 Å². The third kappa shape index (κ3) is 4.56. The lowest BCUT2D eigenvalue weighted by atomic mass is 10.1. The molecule has 0 unspecified atom stereocenters. The molecule has 158 valence electrons. The zero-order valence-corrected chi connectivity index (χ0v) is 17.8. The highest BCUT2D eigenvalue weighted by atomic mass is 16.5. The fourth-order valence-corrected chi connectivity index (χ4v) is 3.63. The molecule has 0 fully saturated rings. The maximum atomic E-state index is 13.1. The second-order valence-corrected chi connectivity index (χ2v) is 7.18. The Kier molecular flexibility index (Phi) is 6.22. The predicted molar refractivity (Wildman–Crippen MR) is 125 cm³/mol. The van der Waals surface area contributed by atoms with E-state index >= 15 is 0 Å². The lowest BCUT2D eigenvalue weighted by Gasteiger charge is -2.21. The zero-order chi connectivity index (χ0) is 21.6. The molecule has 4 rings (SSSR count). The summed E-state index contributed by atoms with van der Waals surface area (Å²) >= 11 is 0. The first-order valence-corrected chi connectivity index (χ1v) is 10.5. The maximum absolute atomic E-state index is 13.1. The molecule has 0 aliphatic heterocycles. The summed E-state index contributed by atoms with van der Waals surface area (Å²) in [7, 11) is 0. The van der Waals surface area contributed by atoms with Crippen molar-refractivity contribution in [1.82, 2.24) is 0 Å². The second kappa shape index (κ2) is 9.39. The molecular weight excluding hydrogens is 388 g/mol. The molecule has 0 radical (unpaired) electrons. The van der Waals surface area contributed by atoms with Gasteiger partial charge >= 0.3 is 0 Å². The first-order chi connectivity index (χ1) is 15.2. The summed E-state index contributed by atoms with van der Waals surface area (Å²) in [5.41, 5.74) is 3.24. The number of anilines is 2. The van der Waals surface area contributed by atoms with Crippen molar-refractivity contribution in [3.63, 3.8) is 0 Å². The highest BCUT2D eigenvalue weighted by Crippen LogP contribution is 2.28. The third-order valence-corrected chi connectivity index (χ3v) is 5.28. The van der Waals surface area contributed by atoms with Crippen LogP contribution in [0.4, 0.5) is 11.4 Å². The van der Waals surface area contributed by atoms with Gasteiger partial charge < -0.3 is 19.4 Å². The molecule has 0 aliphatic rings. The van der Waals surface area contributed by atoms with E-state index in [1.165, 1.54) is 0 Å². The minimum atomic E-state index is -0.293. The quantitative estimate of drug-likeness (QED) is 0.378. The number of benzene rings is 3. The van der Waals surface area contributed by atoms with Crippen LogP contribution in [-0.4, -0.2) is 19.0 Å². The van der Waals surface area contributed by atoms with Gasteiger partial charge in [0.15, 0.2) is 5.76 Å². The Morgan fingerprint density at radius 1 is 0.903 bits per heavy atom. The average Bonchev–Trinajstić information content (AvgIpc) is 3.19. The summed E-state index contributed by atoms with van der Waals surface area (Å²) in [5, 5.41) is 3.83. The number of rotatable bonds is 8. The lowest BCUT2D eigenvalue weighted by molar-refractivity contribution is 0.0995. The Morgan fingerprint density at radius 3 is 2.29 bits per heavy atom. The molecule has 0 saturated heterocycles. The molecule has 0 saturated carbocycles. The van der Waals surface area contributed by atoms with E-state index in [1.807, 2.05) is 78.9 Å². The van der Waals surface area contributed by atoms with Crippen molar-refractivity contribution in [3.05, 3.63) is 90.2 Å². The molecule has 1 aromatic heterocycles. The minimum absolute atomic E-state index is 0.241. The molecule has 0 bridgehead atoms. The van der Waals surface area contributed by atoms with E-state index in [2.05, 4.69) is 24.1 Å². The van der Waals surface area contributed by atoms with Crippen LogP contribution in [-0.2, 0) is 6.61 Å². The highest BCUT2D eigenvalue weighted by Gasteiger charge is 2.21. The van der Waals surface area contributed by atoms with Gasteiger partial charge in [-0.3, -0.25) is 4.79 Å². The van der Waals surface area contributed by atoms with Crippen molar-refractivity contribution in [2.45, 2.75) is 20.5 Å². The van der Waals surface area contributed by atoms with Crippen molar-refractivity contribution in [1.29, 1.82) is 0 Å². The Bertz CT molecular complexity index is 1150. The van der Waals surface area contributed by atoms with Crippen molar-refractivity contribution in [2.24, 2.45) is 0 Å². The minimum Gasteiger partial charge on any atom is -0.489 e. The van der Waals surface area contributed by atoms with Crippen LogP contribution >= 0.6 is 0 Å². The number of hydrogen-bond acceptors (Lipinski definition) is 4. The predicted octanol–water partition coefficient (Wildman–Crippen LogP) is 6.11. The van der Waals surface area contributed by atoms with Gasteiger partial charge in [-0.15, -0.1) is 0 Å². The first kappa shape index (κ1) is 20.5. The Balaban J connectivity index is 1.57. The highest BCUT2D eigenvalue weighted by molar-refractivity contribution is 6.06. The van der Waals surface area contributed by atoms with Crippen LogP contribution in [0.15, 0.2) is 83.3 Å². The summed E-state index contributed by atoms with van der Waals surface area (Å²) in [5.74, 6) is 0.717. The molecule has 31 heavy (non-hydrogen) atoms. The van der Waals surface area contributed by atoms with Crippen LogP contribution in [0.2, 0.25) is 0 Å². The molecule has 5 nitrogen and oxygen atoms in total. The van der Waals surface area contributed by atoms with E-state index in [0.717, 1.165) is 41.2 Å². The number of ether oxygens (including phenoxy) is 1. The van der Waals surface area contributed by atoms with Gasteiger partial charge in [-0.05, 0) is 56.3 Å². The monoisotopic (exact) mass is 414 g/mol. The van der Waals surface area contributed by atoms with Crippen LogP contribution in [0.3, 0.4) is 0 Å². The molecular formula is C26H26N2O3. The molecule has 1 heterocycles. The van der Waals surface area contributed by atoms with E-state index in [4.69, 9.17) is 9.15 Å². The fraction of sp³-hybridized carbons (Fsp3) is 0.192. The van der Waals surface area contributed by atoms with Gasteiger partial charge in [0.2, 0.25) is 0 Å². The topological polar surface area (TPSA) is 54.7 Å². The fourth-order valence-electron chi connectivity index (χ4n) is 3.63. The number of nitrogens with zero attached hydrogens (tertiary/aromatic N) is 1. The number of hydrogen-bond donors (Lipinski definition) is 1. The van der Waals surface area contributed by atoms with Crippen molar-refractivity contribution in [2.75, 3.05) is 23.3 Å². The summed E-state index contributed by atoms with van der Waals surface area (Å²) in [6.45, 7) is 6.36.